The van der Waals surface area contributed by atoms with Gasteiger partial charge >= 0.3 is 0 Å². The average molecular weight is 521 g/mol. The highest BCUT2D eigenvalue weighted by molar-refractivity contribution is 14.0. The van der Waals surface area contributed by atoms with Gasteiger partial charge in [-0.1, -0.05) is 17.7 Å². The smallest absolute Gasteiger partial charge is 0.193 e. The summed E-state index contributed by atoms with van der Waals surface area (Å²) in [6.45, 7) is 7.77. The Kier molecular flexibility index (Phi) is 9.63. The fraction of sp³-hybridized carbons (Fsp3) is 0.667. The van der Waals surface area contributed by atoms with E-state index in [1.165, 1.54) is 30.5 Å². The quantitative estimate of drug-likeness (QED) is 0.243. The second-order valence-corrected chi connectivity index (χ2v) is 8.34. The molecule has 5 nitrogen and oxygen atoms in total. The van der Waals surface area contributed by atoms with Crippen molar-refractivity contribution in [2.75, 3.05) is 58.4 Å². The van der Waals surface area contributed by atoms with Crippen molar-refractivity contribution in [3.8, 4) is 0 Å². The largest absolute Gasteiger partial charge is 0.379 e. The zero-order valence-electron chi connectivity index (χ0n) is 17.3. The Balaban J connectivity index is 0.00000280. The number of anilines is 1. The molecule has 1 aliphatic heterocycles. The van der Waals surface area contributed by atoms with Gasteiger partial charge in [0.15, 0.2) is 5.96 Å². The van der Waals surface area contributed by atoms with E-state index in [-0.39, 0.29) is 24.0 Å². The molecule has 0 amide bonds. The van der Waals surface area contributed by atoms with Gasteiger partial charge in [-0.2, -0.15) is 0 Å². The number of halogens is 2. The Morgan fingerprint density at radius 1 is 1.32 bits per heavy atom. The van der Waals surface area contributed by atoms with Gasteiger partial charge in [0, 0.05) is 57.6 Å². The molecule has 3 rings (SSSR count). The van der Waals surface area contributed by atoms with E-state index >= 15 is 0 Å². The molecule has 2 fully saturated rings. The Morgan fingerprint density at radius 2 is 2.11 bits per heavy atom. The third-order valence-corrected chi connectivity index (χ3v) is 5.78. The van der Waals surface area contributed by atoms with Crippen molar-refractivity contribution in [3.05, 3.63) is 28.8 Å². The summed E-state index contributed by atoms with van der Waals surface area (Å²) >= 11 is 6.19. The minimum atomic E-state index is 0. The molecule has 2 aliphatic rings. The van der Waals surface area contributed by atoms with E-state index in [1.807, 2.05) is 13.1 Å². The fourth-order valence-corrected chi connectivity index (χ4v) is 3.77. The third-order valence-electron chi connectivity index (χ3n) is 5.54. The predicted octanol–water partition coefficient (Wildman–Crippen LogP) is 4.03. The first-order chi connectivity index (χ1) is 13.1. The van der Waals surface area contributed by atoms with Gasteiger partial charge in [-0.25, -0.2) is 0 Å². The SMILES string of the molecule is CN=C(NCC1CCN(c2cc(Cl)ccc2C)C1)N(C)CCOCC1CC1.I. The van der Waals surface area contributed by atoms with Crippen molar-refractivity contribution >= 4 is 47.2 Å². The second-order valence-electron chi connectivity index (χ2n) is 7.90. The minimum Gasteiger partial charge on any atom is -0.379 e. The molecule has 0 radical (unpaired) electrons. The molecule has 0 bridgehead atoms. The molecular weight excluding hydrogens is 487 g/mol. The predicted molar refractivity (Wildman–Crippen MR) is 129 cm³/mol. The molecule has 1 heterocycles. The number of nitrogens with one attached hydrogen (secondary N) is 1. The van der Waals surface area contributed by atoms with Crippen LogP contribution in [-0.2, 0) is 4.74 Å². The van der Waals surface area contributed by atoms with Crippen molar-refractivity contribution in [2.24, 2.45) is 16.8 Å². The van der Waals surface area contributed by atoms with Gasteiger partial charge in [0.05, 0.1) is 6.61 Å². The van der Waals surface area contributed by atoms with E-state index in [0.717, 1.165) is 56.3 Å². The number of aryl methyl sites for hydroxylation is 1. The van der Waals surface area contributed by atoms with Gasteiger partial charge in [-0.15, -0.1) is 24.0 Å². The lowest BCUT2D eigenvalue weighted by molar-refractivity contribution is 0.115. The number of rotatable bonds is 8. The van der Waals surface area contributed by atoms with E-state index in [4.69, 9.17) is 16.3 Å². The molecule has 0 aromatic heterocycles. The lowest BCUT2D eigenvalue weighted by Gasteiger charge is -2.24. The molecule has 1 aromatic rings. The zero-order chi connectivity index (χ0) is 19.2. The lowest BCUT2D eigenvalue weighted by Crippen LogP contribution is -2.42. The summed E-state index contributed by atoms with van der Waals surface area (Å²) < 4.78 is 5.74. The topological polar surface area (TPSA) is 40.1 Å². The standard InChI is InChI=1S/C21H33ClN4O.HI/c1-16-4-7-19(22)12-20(16)26-9-8-18(14-26)13-24-21(23-2)25(3)10-11-27-15-17-5-6-17;/h4,7,12,17-18H,5-6,8-11,13-15H2,1-3H3,(H,23,24);1H. The first kappa shape index (κ1) is 23.5. The summed E-state index contributed by atoms with van der Waals surface area (Å²) in [7, 11) is 3.92. The van der Waals surface area contributed by atoms with Gasteiger partial charge in [0.1, 0.15) is 0 Å². The molecule has 1 unspecified atom stereocenters. The minimum absolute atomic E-state index is 0. The maximum atomic E-state index is 6.19. The van der Waals surface area contributed by atoms with Gasteiger partial charge in [0.2, 0.25) is 0 Å². The summed E-state index contributed by atoms with van der Waals surface area (Å²) in [5.74, 6) is 2.38. The van der Waals surface area contributed by atoms with Crippen molar-refractivity contribution in [1.29, 1.82) is 0 Å². The monoisotopic (exact) mass is 520 g/mol. The first-order valence-corrected chi connectivity index (χ1v) is 10.4. The number of hydrogen-bond donors (Lipinski definition) is 1. The highest BCUT2D eigenvalue weighted by Crippen LogP contribution is 2.29. The molecule has 1 saturated heterocycles. The Hall–Kier alpha value is -0.730. The number of aliphatic imine (C=N–C) groups is 1. The van der Waals surface area contributed by atoms with Crippen LogP contribution in [0.1, 0.15) is 24.8 Å². The van der Waals surface area contributed by atoms with Crippen molar-refractivity contribution in [2.45, 2.75) is 26.2 Å². The molecule has 1 N–H and O–H groups in total. The van der Waals surface area contributed by atoms with Crippen LogP contribution in [0.3, 0.4) is 0 Å². The number of guanidine groups is 1. The number of nitrogens with zero attached hydrogens (tertiary/aromatic N) is 3. The van der Waals surface area contributed by atoms with Crippen LogP contribution in [0.15, 0.2) is 23.2 Å². The van der Waals surface area contributed by atoms with Gasteiger partial charge in [-0.3, -0.25) is 4.99 Å². The summed E-state index contributed by atoms with van der Waals surface area (Å²) in [5, 5.41) is 4.35. The van der Waals surface area contributed by atoms with Crippen LogP contribution in [0.2, 0.25) is 5.02 Å². The van der Waals surface area contributed by atoms with Gasteiger partial charge in [0.25, 0.3) is 0 Å². The van der Waals surface area contributed by atoms with Gasteiger partial charge in [-0.05, 0) is 55.7 Å². The van der Waals surface area contributed by atoms with E-state index in [1.54, 1.807) is 0 Å². The maximum absolute atomic E-state index is 6.19. The Morgan fingerprint density at radius 3 is 2.82 bits per heavy atom. The Bertz CT molecular complexity index is 653. The van der Waals surface area contributed by atoms with E-state index in [0.29, 0.717) is 5.92 Å². The third kappa shape index (κ3) is 6.95. The van der Waals surface area contributed by atoms with E-state index in [9.17, 15) is 0 Å². The highest BCUT2D eigenvalue weighted by atomic mass is 127. The lowest BCUT2D eigenvalue weighted by atomic mass is 10.1. The molecule has 1 aromatic carbocycles. The van der Waals surface area contributed by atoms with Crippen molar-refractivity contribution < 1.29 is 4.74 Å². The van der Waals surface area contributed by atoms with Crippen LogP contribution in [-0.4, -0.2) is 64.3 Å². The maximum Gasteiger partial charge on any atom is 0.193 e. The van der Waals surface area contributed by atoms with Gasteiger partial charge < -0.3 is 19.9 Å². The average Bonchev–Trinajstić information content (AvgIpc) is 3.37. The molecule has 1 atom stereocenters. The molecule has 1 saturated carbocycles. The first-order valence-electron chi connectivity index (χ1n) is 10.1. The van der Waals surface area contributed by atoms with Crippen LogP contribution in [0.4, 0.5) is 5.69 Å². The second kappa shape index (κ2) is 11.5. The molecule has 158 valence electrons. The summed E-state index contributed by atoms with van der Waals surface area (Å²) in [6, 6.07) is 6.15. The van der Waals surface area contributed by atoms with Crippen LogP contribution in [0, 0.1) is 18.8 Å². The van der Waals surface area contributed by atoms with E-state index in [2.05, 4.69) is 46.2 Å². The molecule has 28 heavy (non-hydrogen) atoms. The zero-order valence-corrected chi connectivity index (χ0v) is 20.4. The fourth-order valence-electron chi connectivity index (χ4n) is 3.60. The van der Waals surface area contributed by atoms with Crippen LogP contribution < -0.4 is 10.2 Å². The van der Waals surface area contributed by atoms with Crippen LogP contribution in [0.5, 0.6) is 0 Å². The van der Waals surface area contributed by atoms with E-state index < -0.39 is 0 Å². The normalized spacial score (nSPS) is 19.5. The summed E-state index contributed by atoms with van der Waals surface area (Å²) in [6.07, 6.45) is 3.86. The number of ether oxygens (including phenoxy) is 1. The van der Waals surface area contributed by atoms with Crippen molar-refractivity contribution in [3.63, 3.8) is 0 Å². The molecule has 1 aliphatic carbocycles. The molecular formula is C21H34ClIN4O. The number of likely N-dealkylation sites (N-methyl/N-ethyl adjacent to an activating group) is 1. The number of hydrogen-bond acceptors (Lipinski definition) is 3. The molecule has 7 heteroatoms. The Labute approximate surface area is 191 Å². The highest BCUT2D eigenvalue weighted by Gasteiger charge is 2.24. The van der Waals surface area contributed by atoms with Crippen LogP contribution >= 0.6 is 35.6 Å². The summed E-state index contributed by atoms with van der Waals surface area (Å²) in [5.41, 5.74) is 2.55. The number of benzene rings is 1. The summed E-state index contributed by atoms with van der Waals surface area (Å²) in [4.78, 5) is 9.03. The van der Waals surface area contributed by atoms with Crippen LogP contribution in [0.25, 0.3) is 0 Å². The van der Waals surface area contributed by atoms with Crippen molar-refractivity contribution in [1.82, 2.24) is 10.2 Å². The molecule has 0 spiro atoms.